The number of benzene rings is 1. The average Bonchev–Trinajstić information content (AvgIpc) is 2.29. The molecule has 1 atom stereocenters. The van der Waals surface area contributed by atoms with Gasteiger partial charge in [-0.25, -0.2) is 0 Å². The number of hydrogen-bond acceptors (Lipinski definition) is 1. The SMILES string of the molecule is CCNCCC(C)CCc1ccc(Br)cc1. The van der Waals surface area contributed by atoms with E-state index in [4.69, 9.17) is 0 Å². The van der Waals surface area contributed by atoms with Crippen LogP contribution in [0.4, 0.5) is 0 Å². The van der Waals surface area contributed by atoms with Gasteiger partial charge in [0.2, 0.25) is 0 Å². The van der Waals surface area contributed by atoms with Gasteiger partial charge in [0.1, 0.15) is 0 Å². The van der Waals surface area contributed by atoms with Gasteiger partial charge in [-0.15, -0.1) is 0 Å². The maximum Gasteiger partial charge on any atom is 0.0175 e. The molecule has 0 aliphatic rings. The molecule has 0 aliphatic carbocycles. The normalized spacial score (nSPS) is 12.7. The van der Waals surface area contributed by atoms with Crippen LogP contribution < -0.4 is 5.32 Å². The Bertz CT molecular complexity index is 281. The molecule has 0 radical (unpaired) electrons. The van der Waals surface area contributed by atoms with Gasteiger partial charge in [0.25, 0.3) is 0 Å². The molecule has 0 bridgehead atoms. The predicted octanol–water partition coefficient (Wildman–Crippen LogP) is 4.02. The van der Waals surface area contributed by atoms with E-state index in [9.17, 15) is 0 Å². The highest BCUT2D eigenvalue weighted by molar-refractivity contribution is 9.10. The van der Waals surface area contributed by atoms with E-state index in [1.807, 2.05) is 0 Å². The Hall–Kier alpha value is -0.340. The molecule has 0 amide bonds. The highest BCUT2D eigenvalue weighted by Crippen LogP contribution is 2.15. The van der Waals surface area contributed by atoms with Gasteiger partial charge in [-0.1, -0.05) is 41.9 Å². The zero-order valence-corrected chi connectivity index (χ0v) is 11.9. The van der Waals surface area contributed by atoms with Crippen molar-refractivity contribution in [1.29, 1.82) is 0 Å². The molecular weight excluding hydrogens is 262 g/mol. The van der Waals surface area contributed by atoms with E-state index in [0.717, 1.165) is 23.5 Å². The lowest BCUT2D eigenvalue weighted by Gasteiger charge is -2.11. The third-order valence-electron chi connectivity index (χ3n) is 2.90. The average molecular weight is 284 g/mol. The van der Waals surface area contributed by atoms with Crippen molar-refractivity contribution < 1.29 is 0 Å². The lowest BCUT2D eigenvalue weighted by Crippen LogP contribution is -2.16. The van der Waals surface area contributed by atoms with Gasteiger partial charge in [-0.3, -0.25) is 0 Å². The van der Waals surface area contributed by atoms with Crippen LogP contribution >= 0.6 is 15.9 Å². The van der Waals surface area contributed by atoms with Gasteiger partial charge < -0.3 is 5.32 Å². The second-order valence-electron chi connectivity index (χ2n) is 4.41. The van der Waals surface area contributed by atoms with Crippen molar-refractivity contribution in [2.24, 2.45) is 5.92 Å². The minimum Gasteiger partial charge on any atom is -0.317 e. The fourth-order valence-corrected chi connectivity index (χ4v) is 2.00. The van der Waals surface area contributed by atoms with Crippen LogP contribution in [0.25, 0.3) is 0 Å². The minimum absolute atomic E-state index is 0.808. The molecule has 1 nitrogen and oxygen atoms in total. The molecule has 1 N–H and O–H groups in total. The van der Waals surface area contributed by atoms with Crippen LogP contribution in [0.3, 0.4) is 0 Å². The Morgan fingerprint density at radius 2 is 1.88 bits per heavy atom. The maximum atomic E-state index is 3.46. The summed E-state index contributed by atoms with van der Waals surface area (Å²) in [6.07, 6.45) is 3.76. The highest BCUT2D eigenvalue weighted by Gasteiger charge is 2.02. The summed E-state index contributed by atoms with van der Waals surface area (Å²) in [5.41, 5.74) is 1.44. The lowest BCUT2D eigenvalue weighted by atomic mass is 9.98. The van der Waals surface area contributed by atoms with Crippen LogP contribution in [0, 0.1) is 5.92 Å². The van der Waals surface area contributed by atoms with Crippen molar-refractivity contribution in [1.82, 2.24) is 5.32 Å². The van der Waals surface area contributed by atoms with E-state index in [2.05, 4.69) is 59.4 Å². The maximum absolute atomic E-state index is 3.46. The molecular formula is C14H22BrN. The Kier molecular flexibility index (Phi) is 6.74. The summed E-state index contributed by atoms with van der Waals surface area (Å²) in [6, 6.07) is 8.67. The van der Waals surface area contributed by atoms with E-state index in [1.165, 1.54) is 24.8 Å². The second kappa shape index (κ2) is 7.86. The molecule has 0 saturated carbocycles. The number of nitrogens with one attached hydrogen (secondary N) is 1. The summed E-state index contributed by atoms with van der Waals surface area (Å²) in [6.45, 7) is 6.74. The molecule has 0 aromatic heterocycles. The van der Waals surface area contributed by atoms with Crippen LogP contribution in [0.2, 0.25) is 0 Å². The Balaban J connectivity index is 2.20. The number of hydrogen-bond donors (Lipinski definition) is 1. The summed E-state index contributed by atoms with van der Waals surface area (Å²) in [7, 11) is 0. The summed E-state index contributed by atoms with van der Waals surface area (Å²) < 4.78 is 1.16. The molecule has 16 heavy (non-hydrogen) atoms. The monoisotopic (exact) mass is 283 g/mol. The van der Waals surface area contributed by atoms with E-state index >= 15 is 0 Å². The Morgan fingerprint density at radius 1 is 1.19 bits per heavy atom. The number of halogens is 1. The van der Waals surface area contributed by atoms with Gasteiger partial charge in [-0.2, -0.15) is 0 Å². The largest absolute Gasteiger partial charge is 0.317 e. The third-order valence-corrected chi connectivity index (χ3v) is 3.43. The number of aryl methyl sites for hydroxylation is 1. The first kappa shape index (κ1) is 13.7. The first-order valence-corrected chi connectivity index (χ1v) is 6.96. The molecule has 0 spiro atoms. The van der Waals surface area contributed by atoms with Crippen LogP contribution in [-0.4, -0.2) is 13.1 Å². The highest BCUT2D eigenvalue weighted by atomic mass is 79.9. The quantitative estimate of drug-likeness (QED) is 0.746. The number of rotatable bonds is 7. The van der Waals surface area contributed by atoms with Gasteiger partial charge in [0.15, 0.2) is 0 Å². The molecule has 1 rings (SSSR count). The van der Waals surface area contributed by atoms with Crippen molar-refractivity contribution in [2.45, 2.75) is 33.1 Å². The van der Waals surface area contributed by atoms with E-state index in [0.29, 0.717) is 0 Å². The standard InChI is InChI=1S/C14H22BrN/c1-3-16-11-10-12(2)4-5-13-6-8-14(15)9-7-13/h6-9,12,16H,3-5,10-11H2,1-2H3. The molecule has 90 valence electrons. The van der Waals surface area contributed by atoms with Crippen molar-refractivity contribution in [3.05, 3.63) is 34.3 Å². The van der Waals surface area contributed by atoms with E-state index in [1.54, 1.807) is 0 Å². The molecule has 0 fully saturated rings. The molecule has 0 aliphatic heterocycles. The molecule has 1 unspecified atom stereocenters. The summed E-state index contributed by atoms with van der Waals surface area (Å²) in [5, 5.41) is 3.38. The molecule has 2 heteroatoms. The van der Waals surface area contributed by atoms with Crippen molar-refractivity contribution >= 4 is 15.9 Å². The molecule has 0 saturated heterocycles. The van der Waals surface area contributed by atoms with Gasteiger partial charge in [-0.05, 0) is 56.0 Å². The summed E-state index contributed by atoms with van der Waals surface area (Å²) in [5.74, 6) is 0.808. The topological polar surface area (TPSA) is 12.0 Å². The Morgan fingerprint density at radius 3 is 2.50 bits per heavy atom. The van der Waals surface area contributed by atoms with E-state index in [-0.39, 0.29) is 0 Å². The van der Waals surface area contributed by atoms with Crippen LogP contribution in [0.1, 0.15) is 32.3 Å². The lowest BCUT2D eigenvalue weighted by molar-refractivity contribution is 0.474. The minimum atomic E-state index is 0.808. The smallest absolute Gasteiger partial charge is 0.0175 e. The molecule has 1 aromatic rings. The molecule has 1 aromatic carbocycles. The first-order valence-electron chi connectivity index (χ1n) is 6.17. The van der Waals surface area contributed by atoms with Crippen LogP contribution in [0.5, 0.6) is 0 Å². The Labute approximate surface area is 108 Å². The summed E-state index contributed by atoms with van der Waals surface area (Å²) >= 11 is 3.46. The predicted molar refractivity (Wildman–Crippen MR) is 74.8 cm³/mol. The van der Waals surface area contributed by atoms with Gasteiger partial charge >= 0.3 is 0 Å². The fourth-order valence-electron chi connectivity index (χ4n) is 1.73. The van der Waals surface area contributed by atoms with Gasteiger partial charge in [0, 0.05) is 4.47 Å². The van der Waals surface area contributed by atoms with Crippen LogP contribution in [0.15, 0.2) is 28.7 Å². The third kappa shape index (κ3) is 5.66. The summed E-state index contributed by atoms with van der Waals surface area (Å²) in [4.78, 5) is 0. The van der Waals surface area contributed by atoms with Crippen LogP contribution in [-0.2, 0) is 6.42 Å². The van der Waals surface area contributed by atoms with Crippen molar-refractivity contribution in [2.75, 3.05) is 13.1 Å². The zero-order chi connectivity index (χ0) is 11.8. The first-order chi connectivity index (χ1) is 7.72. The van der Waals surface area contributed by atoms with Gasteiger partial charge in [0.05, 0.1) is 0 Å². The van der Waals surface area contributed by atoms with Crippen molar-refractivity contribution in [3.63, 3.8) is 0 Å². The van der Waals surface area contributed by atoms with Crippen molar-refractivity contribution in [3.8, 4) is 0 Å². The zero-order valence-electron chi connectivity index (χ0n) is 10.3. The molecule has 0 heterocycles. The second-order valence-corrected chi connectivity index (χ2v) is 5.33. The fraction of sp³-hybridized carbons (Fsp3) is 0.571. The van der Waals surface area contributed by atoms with E-state index < -0.39 is 0 Å².